The Balaban J connectivity index is 2.03. The molecule has 1 N–H and O–H groups in total. The van der Waals surface area contributed by atoms with Gasteiger partial charge in [-0.25, -0.2) is 0 Å². The Morgan fingerprint density at radius 1 is 1.17 bits per heavy atom. The lowest BCUT2D eigenvalue weighted by Crippen LogP contribution is -2.31. The third-order valence-electron chi connectivity index (χ3n) is 3.41. The Morgan fingerprint density at radius 3 is 2.46 bits per heavy atom. The molecule has 0 aromatic heterocycles. The number of ketones is 1. The highest BCUT2D eigenvalue weighted by Crippen LogP contribution is 2.32. The van der Waals surface area contributed by atoms with Crippen molar-refractivity contribution in [2.24, 2.45) is 0 Å². The Morgan fingerprint density at radius 2 is 1.83 bits per heavy atom. The third-order valence-corrected chi connectivity index (χ3v) is 3.91. The van der Waals surface area contributed by atoms with E-state index in [4.69, 9.17) is 27.9 Å². The number of carbonyl (C=O) groups excluding carboxylic acids is 2. The van der Waals surface area contributed by atoms with Crippen molar-refractivity contribution in [3.8, 4) is 5.75 Å². The largest absolute Gasteiger partial charge is 0.481 e. The van der Waals surface area contributed by atoms with Gasteiger partial charge in [0.05, 0.1) is 16.6 Å². The highest BCUT2D eigenvalue weighted by molar-refractivity contribution is 6.36. The highest BCUT2D eigenvalue weighted by atomic mass is 35.5. The highest BCUT2D eigenvalue weighted by Gasteiger charge is 2.16. The molecule has 0 spiro atoms. The molecule has 24 heavy (non-hydrogen) atoms. The molecule has 0 unspecified atom stereocenters. The number of hydrogen-bond donors (Lipinski definition) is 1. The van der Waals surface area contributed by atoms with Gasteiger partial charge < -0.3 is 10.1 Å². The summed E-state index contributed by atoms with van der Waals surface area (Å²) in [7, 11) is 0. The molecule has 0 bridgehead atoms. The van der Waals surface area contributed by atoms with E-state index in [0.717, 1.165) is 5.56 Å². The number of rotatable bonds is 6. The Hall–Kier alpha value is -2.04. The molecular weight excluding hydrogens is 349 g/mol. The van der Waals surface area contributed by atoms with Gasteiger partial charge in [0, 0.05) is 5.02 Å². The van der Waals surface area contributed by atoms with Crippen LogP contribution in [0.5, 0.6) is 5.75 Å². The van der Waals surface area contributed by atoms with Gasteiger partial charge in [-0.2, -0.15) is 0 Å². The molecule has 0 aliphatic carbocycles. The topological polar surface area (TPSA) is 55.4 Å². The van der Waals surface area contributed by atoms with E-state index in [1.54, 1.807) is 0 Å². The Labute approximate surface area is 150 Å². The summed E-state index contributed by atoms with van der Waals surface area (Å²) in [5.74, 6) is -0.393. The first kappa shape index (κ1) is 18.3. The van der Waals surface area contributed by atoms with Crippen LogP contribution in [-0.2, 0) is 4.79 Å². The maximum absolute atomic E-state index is 12.1. The summed E-state index contributed by atoms with van der Waals surface area (Å²) in [6.07, 6.45) is 0. The first-order chi connectivity index (χ1) is 11.4. The van der Waals surface area contributed by atoms with Gasteiger partial charge in [0.25, 0.3) is 5.91 Å². The Kier molecular flexibility index (Phi) is 6.23. The van der Waals surface area contributed by atoms with Gasteiger partial charge in [-0.3, -0.25) is 9.59 Å². The standard InChI is InChI=1S/C18H17Cl2NO3/c1-11(13-6-4-3-5-7-13)21-17(23)10-24-18-15(12(2)22)8-14(19)9-16(18)20/h3-9,11H,10H2,1-2H3,(H,21,23)/t11-/m0/s1. The van der Waals surface area contributed by atoms with Crippen molar-refractivity contribution in [1.82, 2.24) is 5.32 Å². The van der Waals surface area contributed by atoms with Crippen molar-refractivity contribution in [1.29, 1.82) is 0 Å². The predicted octanol–water partition coefficient (Wildman–Crippen LogP) is 4.45. The maximum atomic E-state index is 12.1. The molecular formula is C18H17Cl2NO3. The molecule has 2 aromatic carbocycles. The van der Waals surface area contributed by atoms with Crippen molar-refractivity contribution < 1.29 is 14.3 Å². The molecule has 0 saturated heterocycles. The molecule has 0 aliphatic rings. The molecule has 2 aromatic rings. The van der Waals surface area contributed by atoms with Crippen LogP contribution in [0.1, 0.15) is 35.8 Å². The molecule has 1 amide bonds. The van der Waals surface area contributed by atoms with Crippen LogP contribution in [-0.4, -0.2) is 18.3 Å². The number of benzene rings is 2. The molecule has 6 heteroatoms. The van der Waals surface area contributed by atoms with Crippen LogP contribution in [0.2, 0.25) is 10.0 Å². The molecule has 0 aliphatic heterocycles. The van der Waals surface area contributed by atoms with Crippen LogP contribution in [0, 0.1) is 0 Å². The fourth-order valence-corrected chi connectivity index (χ4v) is 2.76. The van der Waals surface area contributed by atoms with Gasteiger partial charge in [-0.1, -0.05) is 53.5 Å². The second kappa shape index (κ2) is 8.18. The minimum atomic E-state index is -0.313. The van der Waals surface area contributed by atoms with Crippen molar-refractivity contribution >= 4 is 34.9 Å². The van der Waals surface area contributed by atoms with Crippen LogP contribution in [0.25, 0.3) is 0 Å². The smallest absolute Gasteiger partial charge is 0.258 e. The number of Topliss-reactive ketones (excluding diaryl/α,β-unsaturated/α-hetero) is 1. The summed E-state index contributed by atoms with van der Waals surface area (Å²) >= 11 is 12.0. The molecule has 0 heterocycles. The van der Waals surface area contributed by atoms with Gasteiger partial charge >= 0.3 is 0 Å². The second-order valence-corrected chi connectivity index (χ2v) is 6.15. The van der Waals surface area contributed by atoms with Crippen LogP contribution in [0.4, 0.5) is 0 Å². The fourth-order valence-electron chi connectivity index (χ4n) is 2.21. The van der Waals surface area contributed by atoms with Gasteiger partial charge in [-0.05, 0) is 31.5 Å². The van der Waals surface area contributed by atoms with Gasteiger partial charge in [0.15, 0.2) is 12.4 Å². The third kappa shape index (κ3) is 4.73. The zero-order valence-corrected chi connectivity index (χ0v) is 14.8. The lowest BCUT2D eigenvalue weighted by atomic mass is 10.1. The fraction of sp³-hybridized carbons (Fsp3) is 0.222. The van der Waals surface area contributed by atoms with Crippen molar-refractivity contribution in [3.63, 3.8) is 0 Å². The zero-order valence-electron chi connectivity index (χ0n) is 13.3. The molecule has 4 nitrogen and oxygen atoms in total. The minimum absolute atomic E-state index is 0.157. The van der Waals surface area contributed by atoms with E-state index in [1.165, 1.54) is 19.1 Å². The number of amides is 1. The van der Waals surface area contributed by atoms with E-state index in [1.807, 2.05) is 37.3 Å². The average Bonchev–Trinajstić information content (AvgIpc) is 2.54. The predicted molar refractivity (Wildman–Crippen MR) is 95.0 cm³/mol. The van der Waals surface area contributed by atoms with E-state index in [9.17, 15) is 9.59 Å². The number of nitrogens with one attached hydrogen (secondary N) is 1. The van der Waals surface area contributed by atoms with Crippen LogP contribution in [0.15, 0.2) is 42.5 Å². The molecule has 1 atom stereocenters. The summed E-state index contributed by atoms with van der Waals surface area (Å²) in [6.45, 7) is 3.01. The average molecular weight is 366 g/mol. The van der Waals surface area contributed by atoms with Gasteiger partial charge in [0.2, 0.25) is 0 Å². The Bertz CT molecular complexity index is 747. The molecule has 0 fully saturated rings. The number of hydrogen-bond acceptors (Lipinski definition) is 3. The second-order valence-electron chi connectivity index (χ2n) is 5.31. The van der Waals surface area contributed by atoms with E-state index in [0.29, 0.717) is 5.02 Å². The van der Waals surface area contributed by atoms with Crippen LogP contribution >= 0.6 is 23.2 Å². The first-order valence-electron chi connectivity index (χ1n) is 7.35. The van der Waals surface area contributed by atoms with E-state index < -0.39 is 0 Å². The summed E-state index contributed by atoms with van der Waals surface area (Å²) in [4.78, 5) is 23.7. The van der Waals surface area contributed by atoms with Crippen LogP contribution in [0.3, 0.4) is 0 Å². The van der Waals surface area contributed by atoms with E-state index >= 15 is 0 Å². The van der Waals surface area contributed by atoms with Crippen molar-refractivity contribution in [3.05, 3.63) is 63.6 Å². The normalized spacial score (nSPS) is 11.7. The zero-order chi connectivity index (χ0) is 17.7. The summed E-state index contributed by atoms with van der Waals surface area (Å²) in [5.41, 5.74) is 1.23. The van der Waals surface area contributed by atoms with Crippen LogP contribution < -0.4 is 10.1 Å². The van der Waals surface area contributed by atoms with Gasteiger partial charge in [-0.15, -0.1) is 0 Å². The lowest BCUT2D eigenvalue weighted by Gasteiger charge is -2.16. The van der Waals surface area contributed by atoms with E-state index in [-0.39, 0.29) is 40.7 Å². The minimum Gasteiger partial charge on any atom is -0.481 e. The molecule has 0 radical (unpaired) electrons. The molecule has 126 valence electrons. The summed E-state index contributed by atoms with van der Waals surface area (Å²) < 4.78 is 5.46. The quantitative estimate of drug-likeness (QED) is 0.769. The van der Waals surface area contributed by atoms with E-state index in [2.05, 4.69) is 5.32 Å². The monoisotopic (exact) mass is 365 g/mol. The molecule has 0 saturated carbocycles. The van der Waals surface area contributed by atoms with Crippen molar-refractivity contribution in [2.75, 3.05) is 6.61 Å². The lowest BCUT2D eigenvalue weighted by molar-refractivity contribution is -0.123. The number of halogens is 2. The molecule has 2 rings (SSSR count). The van der Waals surface area contributed by atoms with Gasteiger partial charge in [0.1, 0.15) is 5.75 Å². The summed E-state index contributed by atoms with van der Waals surface area (Å²) in [6, 6.07) is 12.3. The number of carbonyl (C=O) groups is 2. The maximum Gasteiger partial charge on any atom is 0.258 e. The first-order valence-corrected chi connectivity index (χ1v) is 8.11. The summed E-state index contributed by atoms with van der Waals surface area (Å²) in [5, 5.41) is 3.35. The van der Waals surface area contributed by atoms with Crippen molar-refractivity contribution in [2.45, 2.75) is 19.9 Å². The SMILES string of the molecule is CC(=O)c1cc(Cl)cc(Cl)c1OCC(=O)N[C@@H](C)c1ccccc1. The number of ether oxygens (including phenoxy) is 1.